The van der Waals surface area contributed by atoms with Gasteiger partial charge in [-0.05, 0) is 18.2 Å². The zero-order valence-corrected chi connectivity index (χ0v) is 10.6. The molecular weight excluding hydrogens is 269 g/mol. The number of nitrogens with two attached hydrogens (primary N) is 1. The summed E-state index contributed by atoms with van der Waals surface area (Å²) < 4.78 is 14.7. The monoisotopic (exact) mass is 279 g/mol. The van der Waals surface area contributed by atoms with E-state index in [1.54, 1.807) is 10.7 Å². The van der Waals surface area contributed by atoms with Crippen LogP contribution in [0.15, 0.2) is 36.8 Å². The first kappa shape index (κ1) is 13.4. The van der Waals surface area contributed by atoms with E-state index >= 15 is 0 Å². The molecule has 0 radical (unpaired) electrons. The van der Waals surface area contributed by atoms with Crippen LogP contribution >= 0.6 is 12.4 Å². The van der Waals surface area contributed by atoms with Crippen LogP contribution in [-0.2, 0) is 6.54 Å². The zero-order valence-electron chi connectivity index (χ0n) is 9.82. The number of hydrogen-bond acceptors (Lipinski definition) is 4. The molecule has 7 heteroatoms. The molecule has 0 saturated heterocycles. The van der Waals surface area contributed by atoms with E-state index in [0.29, 0.717) is 17.9 Å². The van der Waals surface area contributed by atoms with Crippen LogP contribution in [0.25, 0.3) is 16.6 Å². The Morgan fingerprint density at radius 1 is 1.21 bits per heavy atom. The van der Waals surface area contributed by atoms with Crippen molar-refractivity contribution in [3.8, 4) is 5.69 Å². The molecule has 0 aliphatic carbocycles. The number of halogens is 2. The maximum absolute atomic E-state index is 13.0. The molecule has 0 atom stereocenters. The zero-order chi connectivity index (χ0) is 12.5. The van der Waals surface area contributed by atoms with Crippen LogP contribution in [0.1, 0.15) is 5.82 Å². The Morgan fingerprint density at radius 2 is 2.05 bits per heavy atom. The molecule has 0 saturated carbocycles. The first-order chi connectivity index (χ1) is 8.78. The standard InChI is InChI=1S/C12H10FN5.ClH/c13-9-3-8-1-2-10(4-11(8)15-6-9)18-12(5-14)16-7-17-18;/h1-4,6-7H,5,14H2;1H. The molecule has 0 spiro atoms. The molecule has 0 bridgehead atoms. The minimum absolute atomic E-state index is 0. The van der Waals surface area contributed by atoms with Crippen LogP contribution in [-0.4, -0.2) is 19.7 Å². The summed E-state index contributed by atoms with van der Waals surface area (Å²) in [5, 5.41) is 4.85. The number of benzene rings is 1. The van der Waals surface area contributed by atoms with Gasteiger partial charge in [-0.1, -0.05) is 6.07 Å². The Bertz CT molecular complexity index is 712. The van der Waals surface area contributed by atoms with Crippen molar-refractivity contribution in [3.63, 3.8) is 0 Å². The average Bonchev–Trinajstić information content (AvgIpc) is 2.86. The largest absolute Gasteiger partial charge is 0.324 e. The van der Waals surface area contributed by atoms with E-state index in [2.05, 4.69) is 15.1 Å². The van der Waals surface area contributed by atoms with Crippen LogP contribution in [0.3, 0.4) is 0 Å². The lowest BCUT2D eigenvalue weighted by molar-refractivity contribution is 0.624. The summed E-state index contributed by atoms with van der Waals surface area (Å²) in [6, 6.07) is 6.89. The van der Waals surface area contributed by atoms with Crippen molar-refractivity contribution in [1.29, 1.82) is 0 Å². The summed E-state index contributed by atoms with van der Waals surface area (Å²) in [6.45, 7) is 0.300. The van der Waals surface area contributed by atoms with Gasteiger partial charge in [-0.2, -0.15) is 5.10 Å². The minimum Gasteiger partial charge on any atom is -0.324 e. The third-order valence-corrected chi connectivity index (χ3v) is 2.68. The average molecular weight is 280 g/mol. The van der Waals surface area contributed by atoms with Crippen LogP contribution in [0.5, 0.6) is 0 Å². The van der Waals surface area contributed by atoms with E-state index in [9.17, 15) is 4.39 Å². The fourth-order valence-corrected chi connectivity index (χ4v) is 1.83. The summed E-state index contributed by atoms with van der Waals surface area (Å²) in [6.07, 6.45) is 2.64. The van der Waals surface area contributed by atoms with Crippen molar-refractivity contribution in [2.75, 3.05) is 0 Å². The van der Waals surface area contributed by atoms with Gasteiger partial charge in [-0.15, -0.1) is 12.4 Å². The van der Waals surface area contributed by atoms with Gasteiger partial charge in [0, 0.05) is 5.39 Å². The highest BCUT2D eigenvalue weighted by atomic mass is 35.5. The molecule has 3 aromatic rings. The van der Waals surface area contributed by atoms with Crippen molar-refractivity contribution in [2.45, 2.75) is 6.54 Å². The van der Waals surface area contributed by atoms with Crippen molar-refractivity contribution >= 4 is 23.3 Å². The van der Waals surface area contributed by atoms with E-state index in [0.717, 1.165) is 11.1 Å². The van der Waals surface area contributed by atoms with Crippen molar-refractivity contribution in [2.24, 2.45) is 5.73 Å². The van der Waals surface area contributed by atoms with Crippen LogP contribution in [0.2, 0.25) is 0 Å². The second-order valence-corrected chi connectivity index (χ2v) is 3.82. The molecule has 0 unspecified atom stereocenters. The van der Waals surface area contributed by atoms with Gasteiger partial charge in [0.2, 0.25) is 0 Å². The van der Waals surface area contributed by atoms with E-state index in [-0.39, 0.29) is 18.2 Å². The van der Waals surface area contributed by atoms with Gasteiger partial charge in [-0.3, -0.25) is 4.98 Å². The van der Waals surface area contributed by atoms with Gasteiger partial charge in [0.1, 0.15) is 18.0 Å². The third-order valence-electron chi connectivity index (χ3n) is 2.68. The molecule has 98 valence electrons. The topological polar surface area (TPSA) is 69.6 Å². The van der Waals surface area contributed by atoms with Gasteiger partial charge in [0.05, 0.1) is 23.9 Å². The second-order valence-electron chi connectivity index (χ2n) is 3.82. The third kappa shape index (κ3) is 2.40. The van der Waals surface area contributed by atoms with Crippen molar-refractivity contribution in [1.82, 2.24) is 19.7 Å². The molecule has 5 nitrogen and oxygen atoms in total. The molecule has 0 aliphatic rings. The normalized spacial score (nSPS) is 10.4. The summed E-state index contributed by atoms with van der Waals surface area (Å²) in [5.41, 5.74) is 7.08. The predicted octanol–water partition coefficient (Wildman–Crippen LogP) is 1.84. The number of rotatable bonds is 2. The molecule has 0 amide bonds. The number of fused-ring (bicyclic) bond motifs is 1. The van der Waals surface area contributed by atoms with Crippen molar-refractivity contribution in [3.05, 3.63) is 48.4 Å². The Balaban J connectivity index is 0.00000133. The first-order valence-corrected chi connectivity index (χ1v) is 5.42. The Kier molecular flexibility index (Phi) is 3.73. The summed E-state index contributed by atoms with van der Waals surface area (Å²) in [7, 11) is 0. The molecule has 2 N–H and O–H groups in total. The minimum atomic E-state index is -0.348. The molecule has 3 rings (SSSR count). The number of nitrogens with zero attached hydrogens (tertiary/aromatic N) is 4. The fourth-order valence-electron chi connectivity index (χ4n) is 1.83. The highest BCUT2D eigenvalue weighted by Crippen LogP contribution is 2.17. The van der Waals surface area contributed by atoms with E-state index in [4.69, 9.17) is 5.73 Å². The molecule has 2 heterocycles. The van der Waals surface area contributed by atoms with E-state index in [1.165, 1.54) is 18.6 Å². The molecule has 19 heavy (non-hydrogen) atoms. The second kappa shape index (κ2) is 5.29. The lowest BCUT2D eigenvalue weighted by Crippen LogP contribution is -2.08. The molecule has 1 aromatic carbocycles. The smallest absolute Gasteiger partial charge is 0.145 e. The van der Waals surface area contributed by atoms with E-state index in [1.807, 2.05) is 12.1 Å². The SMILES string of the molecule is Cl.NCc1ncnn1-c1ccc2cc(F)cnc2c1. The molecular formula is C12H11ClFN5. The Labute approximate surface area is 114 Å². The predicted molar refractivity (Wildman–Crippen MR) is 71.8 cm³/mol. The quantitative estimate of drug-likeness (QED) is 0.777. The van der Waals surface area contributed by atoms with E-state index < -0.39 is 0 Å². The highest BCUT2D eigenvalue weighted by molar-refractivity contribution is 5.85. The summed E-state index contributed by atoms with van der Waals surface area (Å²) >= 11 is 0. The van der Waals surface area contributed by atoms with Gasteiger partial charge >= 0.3 is 0 Å². The fraction of sp³-hybridized carbons (Fsp3) is 0.0833. The highest BCUT2D eigenvalue weighted by Gasteiger charge is 2.06. The molecule has 0 fully saturated rings. The molecule has 2 aromatic heterocycles. The lowest BCUT2D eigenvalue weighted by atomic mass is 10.2. The maximum atomic E-state index is 13.0. The summed E-state index contributed by atoms with van der Waals surface area (Å²) in [4.78, 5) is 8.09. The molecule has 0 aliphatic heterocycles. The van der Waals surface area contributed by atoms with Gasteiger partial charge in [0.25, 0.3) is 0 Å². The van der Waals surface area contributed by atoms with Gasteiger partial charge < -0.3 is 5.73 Å². The van der Waals surface area contributed by atoms with Gasteiger partial charge in [-0.25, -0.2) is 14.1 Å². The maximum Gasteiger partial charge on any atom is 0.145 e. The van der Waals surface area contributed by atoms with Crippen LogP contribution < -0.4 is 5.73 Å². The Morgan fingerprint density at radius 3 is 2.84 bits per heavy atom. The number of hydrogen-bond donors (Lipinski definition) is 1. The number of pyridine rings is 1. The Hall–Kier alpha value is -2.05. The van der Waals surface area contributed by atoms with Gasteiger partial charge in [0.15, 0.2) is 0 Å². The van der Waals surface area contributed by atoms with Crippen molar-refractivity contribution < 1.29 is 4.39 Å². The first-order valence-electron chi connectivity index (χ1n) is 5.42. The van der Waals surface area contributed by atoms with Crippen LogP contribution in [0.4, 0.5) is 4.39 Å². The van der Waals surface area contributed by atoms with Crippen LogP contribution in [0, 0.1) is 5.82 Å². The lowest BCUT2D eigenvalue weighted by Gasteiger charge is -2.05. The summed E-state index contributed by atoms with van der Waals surface area (Å²) in [5.74, 6) is 0.315. The number of aromatic nitrogens is 4.